The van der Waals surface area contributed by atoms with Crippen molar-refractivity contribution in [3.8, 4) is 0 Å². The van der Waals surface area contributed by atoms with Crippen LogP contribution in [0.3, 0.4) is 0 Å². The molecule has 0 bridgehead atoms. The second kappa shape index (κ2) is 5.16. The molecule has 1 unspecified atom stereocenters. The zero-order chi connectivity index (χ0) is 14.0. The minimum atomic E-state index is -3.04. The Morgan fingerprint density at radius 3 is 2.79 bits per heavy atom. The van der Waals surface area contributed by atoms with E-state index in [0.717, 1.165) is 12.1 Å². The molecule has 104 valence electrons. The molecule has 0 spiro atoms. The van der Waals surface area contributed by atoms with Crippen LogP contribution in [0.25, 0.3) is 0 Å². The van der Waals surface area contributed by atoms with Gasteiger partial charge < -0.3 is 10.1 Å². The topological polar surface area (TPSA) is 72.5 Å². The van der Waals surface area contributed by atoms with E-state index in [4.69, 9.17) is 0 Å². The number of ether oxygens (including phenoxy) is 1. The third-order valence-corrected chi connectivity index (χ3v) is 4.75. The Hall–Kier alpha value is -1.63. The van der Waals surface area contributed by atoms with Crippen LogP contribution in [0.2, 0.25) is 0 Å². The number of carbonyl (C=O) groups excluding carboxylic acids is 1. The lowest BCUT2D eigenvalue weighted by molar-refractivity contribution is 0.0601. The fraction of sp³-hybridized carbons (Fsp3) is 0.417. The van der Waals surface area contributed by atoms with E-state index in [9.17, 15) is 17.6 Å². The van der Waals surface area contributed by atoms with Crippen LogP contribution < -0.4 is 5.32 Å². The number of anilines is 1. The molecule has 0 amide bonds. The number of esters is 1. The van der Waals surface area contributed by atoms with Gasteiger partial charge in [-0.05, 0) is 24.6 Å². The van der Waals surface area contributed by atoms with Gasteiger partial charge in [0.15, 0.2) is 9.84 Å². The molecular weight excluding hydrogens is 273 g/mol. The Morgan fingerprint density at radius 2 is 2.21 bits per heavy atom. The summed E-state index contributed by atoms with van der Waals surface area (Å²) in [5.41, 5.74) is 0.446. The van der Waals surface area contributed by atoms with Crippen molar-refractivity contribution in [2.75, 3.05) is 23.9 Å². The molecule has 0 aromatic heterocycles. The lowest BCUT2D eigenvalue weighted by atomic mass is 10.1. The van der Waals surface area contributed by atoms with Crippen molar-refractivity contribution >= 4 is 21.5 Å². The van der Waals surface area contributed by atoms with Gasteiger partial charge in [-0.2, -0.15) is 0 Å². The number of hydrogen-bond donors (Lipinski definition) is 1. The number of carbonyl (C=O) groups is 1. The maximum atomic E-state index is 13.2. The van der Waals surface area contributed by atoms with Crippen LogP contribution in [0.5, 0.6) is 0 Å². The van der Waals surface area contributed by atoms with E-state index in [2.05, 4.69) is 10.1 Å². The predicted octanol–water partition coefficient (Wildman–Crippen LogP) is 1.21. The molecule has 1 N–H and O–H groups in total. The van der Waals surface area contributed by atoms with Gasteiger partial charge in [0.1, 0.15) is 5.82 Å². The van der Waals surface area contributed by atoms with Crippen molar-refractivity contribution in [1.29, 1.82) is 0 Å². The lowest BCUT2D eigenvalue weighted by Crippen LogP contribution is -2.22. The highest BCUT2D eigenvalue weighted by atomic mass is 32.2. The van der Waals surface area contributed by atoms with Gasteiger partial charge in [0.25, 0.3) is 0 Å². The van der Waals surface area contributed by atoms with Crippen LogP contribution in [0.15, 0.2) is 18.2 Å². The molecule has 1 aliphatic heterocycles. The molecule has 7 heteroatoms. The maximum Gasteiger partial charge on any atom is 0.339 e. The summed E-state index contributed by atoms with van der Waals surface area (Å²) in [6.07, 6.45) is 0.444. The van der Waals surface area contributed by atoms with E-state index < -0.39 is 21.6 Å². The zero-order valence-electron chi connectivity index (χ0n) is 10.3. The first-order chi connectivity index (χ1) is 8.91. The van der Waals surface area contributed by atoms with Crippen LogP contribution >= 0.6 is 0 Å². The van der Waals surface area contributed by atoms with E-state index >= 15 is 0 Å². The van der Waals surface area contributed by atoms with Crippen LogP contribution in [-0.2, 0) is 14.6 Å². The highest BCUT2D eigenvalue weighted by molar-refractivity contribution is 7.91. The number of benzene rings is 1. The van der Waals surface area contributed by atoms with Gasteiger partial charge in [-0.25, -0.2) is 17.6 Å². The summed E-state index contributed by atoms with van der Waals surface area (Å²) in [7, 11) is -1.81. The fourth-order valence-corrected chi connectivity index (χ4v) is 3.73. The number of nitrogens with one attached hydrogen (secondary N) is 1. The minimum absolute atomic E-state index is 0.00980. The molecular formula is C12H14FNO4S. The Kier molecular flexibility index (Phi) is 3.75. The van der Waals surface area contributed by atoms with Gasteiger partial charge in [-0.1, -0.05) is 0 Å². The fourth-order valence-electron chi connectivity index (χ4n) is 2.05. The summed E-state index contributed by atoms with van der Waals surface area (Å²) in [6.45, 7) is 0. The van der Waals surface area contributed by atoms with Gasteiger partial charge in [-0.3, -0.25) is 0 Å². The second-order valence-electron chi connectivity index (χ2n) is 4.43. The summed E-state index contributed by atoms with van der Waals surface area (Å²) >= 11 is 0. The molecule has 2 rings (SSSR count). The van der Waals surface area contributed by atoms with E-state index in [0.29, 0.717) is 6.42 Å². The molecule has 19 heavy (non-hydrogen) atoms. The van der Waals surface area contributed by atoms with Crippen LogP contribution in [-0.4, -0.2) is 39.0 Å². The van der Waals surface area contributed by atoms with Crippen molar-refractivity contribution in [2.24, 2.45) is 0 Å². The van der Waals surface area contributed by atoms with E-state index in [1.54, 1.807) is 0 Å². The quantitative estimate of drug-likeness (QED) is 0.846. The first kappa shape index (κ1) is 13.8. The van der Waals surface area contributed by atoms with Crippen molar-refractivity contribution in [3.05, 3.63) is 29.6 Å². The third kappa shape index (κ3) is 3.23. The molecule has 1 fully saturated rings. The number of methoxy groups -OCH3 is 1. The molecule has 1 saturated heterocycles. The standard InChI is InChI=1S/C12H14FNO4S/c1-18-12(15)10-3-2-8(13)6-11(10)14-9-4-5-19(16,17)7-9/h2-3,6,9,14H,4-5,7H2,1H3. The van der Waals surface area contributed by atoms with E-state index in [-0.39, 0.29) is 28.8 Å². The van der Waals surface area contributed by atoms with Crippen LogP contribution in [0.1, 0.15) is 16.8 Å². The Morgan fingerprint density at radius 1 is 1.47 bits per heavy atom. The van der Waals surface area contributed by atoms with Crippen molar-refractivity contribution < 1.29 is 22.3 Å². The first-order valence-electron chi connectivity index (χ1n) is 5.76. The molecule has 1 atom stereocenters. The Balaban J connectivity index is 2.24. The average molecular weight is 287 g/mol. The summed E-state index contributed by atoms with van der Waals surface area (Å²) < 4.78 is 40.6. The third-order valence-electron chi connectivity index (χ3n) is 2.98. The van der Waals surface area contributed by atoms with Gasteiger partial charge in [0.2, 0.25) is 0 Å². The van der Waals surface area contributed by atoms with Crippen LogP contribution in [0, 0.1) is 5.82 Å². The molecule has 5 nitrogen and oxygen atoms in total. The van der Waals surface area contributed by atoms with Crippen LogP contribution in [0.4, 0.5) is 10.1 Å². The smallest absolute Gasteiger partial charge is 0.339 e. The van der Waals surface area contributed by atoms with Gasteiger partial charge in [0.05, 0.1) is 29.9 Å². The Labute approximate surface area is 110 Å². The molecule has 0 aliphatic carbocycles. The lowest BCUT2D eigenvalue weighted by Gasteiger charge is -2.15. The summed E-state index contributed by atoms with van der Waals surface area (Å²) in [5, 5.41) is 2.90. The van der Waals surface area contributed by atoms with Crippen molar-refractivity contribution in [3.63, 3.8) is 0 Å². The van der Waals surface area contributed by atoms with Crippen molar-refractivity contribution in [1.82, 2.24) is 0 Å². The zero-order valence-corrected chi connectivity index (χ0v) is 11.2. The summed E-state index contributed by atoms with van der Waals surface area (Å²) in [5.74, 6) is -1.00. The summed E-state index contributed by atoms with van der Waals surface area (Å²) in [6, 6.07) is 3.32. The normalized spacial score (nSPS) is 21.1. The van der Waals surface area contributed by atoms with Crippen molar-refractivity contribution in [2.45, 2.75) is 12.5 Å². The number of halogens is 1. The summed E-state index contributed by atoms with van der Waals surface area (Å²) in [4.78, 5) is 11.5. The molecule has 0 radical (unpaired) electrons. The Bertz CT molecular complexity index is 600. The molecule has 1 heterocycles. The maximum absolute atomic E-state index is 13.2. The largest absolute Gasteiger partial charge is 0.465 e. The monoisotopic (exact) mass is 287 g/mol. The van der Waals surface area contributed by atoms with E-state index in [1.807, 2.05) is 0 Å². The molecule has 1 aromatic rings. The van der Waals surface area contributed by atoms with Gasteiger partial charge in [0, 0.05) is 6.04 Å². The average Bonchev–Trinajstić information content (AvgIpc) is 2.68. The molecule has 1 aromatic carbocycles. The minimum Gasteiger partial charge on any atom is -0.465 e. The second-order valence-corrected chi connectivity index (χ2v) is 6.65. The SMILES string of the molecule is COC(=O)c1ccc(F)cc1NC1CCS(=O)(=O)C1. The van der Waals surface area contributed by atoms with E-state index in [1.165, 1.54) is 13.2 Å². The molecule has 1 aliphatic rings. The highest BCUT2D eigenvalue weighted by Gasteiger charge is 2.28. The highest BCUT2D eigenvalue weighted by Crippen LogP contribution is 2.22. The predicted molar refractivity (Wildman–Crippen MR) is 68.4 cm³/mol. The van der Waals surface area contributed by atoms with Gasteiger partial charge in [-0.15, -0.1) is 0 Å². The molecule has 0 saturated carbocycles. The number of hydrogen-bond acceptors (Lipinski definition) is 5. The van der Waals surface area contributed by atoms with Gasteiger partial charge >= 0.3 is 5.97 Å². The number of sulfone groups is 1. The first-order valence-corrected chi connectivity index (χ1v) is 7.58. The number of rotatable bonds is 3.